The maximum atomic E-state index is 13.5. The van der Waals surface area contributed by atoms with Crippen molar-refractivity contribution in [2.24, 2.45) is 7.05 Å². The maximum absolute atomic E-state index is 13.5. The third kappa shape index (κ3) is 5.32. The first-order valence-electron chi connectivity index (χ1n) is 9.61. The normalized spacial score (nSPS) is 17.9. The van der Waals surface area contributed by atoms with Crippen molar-refractivity contribution in [1.29, 1.82) is 5.26 Å². The van der Waals surface area contributed by atoms with Gasteiger partial charge in [-0.05, 0) is 32.0 Å². The number of aliphatic hydroxyl groups is 2. The summed E-state index contributed by atoms with van der Waals surface area (Å²) in [5.41, 5.74) is -1.69. The summed E-state index contributed by atoms with van der Waals surface area (Å²) in [4.78, 5) is 12.6. The molecule has 0 aliphatic carbocycles. The van der Waals surface area contributed by atoms with Crippen molar-refractivity contribution in [3.63, 3.8) is 0 Å². The van der Waals surface area contributed by atoms with E-state index in [9.17, 15) is 27.8 Å². The number of benzene rings is 1. The molecule has 33 heavy (non-hydrogen) atoms. The molecule has 1 aliphatic rings. The zero-order chi connectivity index (χ0) is 24.6. The molecule has 174 valence electrons. The molecule has 0 fully saturated rings. The zero-order valence-electron chi connectivity index (χ0n) is 17.9. The molecule has 2 heterocycles. The number of sulfonamides is 1. The van der Waals surface area contributed by atoms with Crippen LogP contribution in [0.1, 0.15) is 29.9 Å². The standard InChI is InChI=1S/C21H21FN4O6S/c1-21(2,29)7-6-16(27)15-11-32-19-17(33(30,31)25-15)10-26(3)18(19)20(28)24-13-4-5-14(22)12(8-13)9-23/h4-5,8,10,15-16,25,27,29H,11H2,1-3H3,(H,24,28)/t15-,16+/m0/s1. The molecule has 0 saturated heterocycles. The summed E-state index contributed by atoms with van der Waals surface area (Å²) in [7, 11) is -2.77. The highest BCUT2D eigenvalue weighted by Crippen LogP contribution is 2.33. The van der Waals surface area contributed by atoms with Crippen molar-refractivity contribution in [2.45, 2.75) is 36.5 Å². The first-order valence-corrected chi connectivity index (χ1v) is 11.1. The highest BCUT2D eigenvalue weighted by atomic mass is 32.2. The monoisotopic (exact) mass is 476 g/mol. The number of carbonyl (C=O) groups is 1. The highest BCUT2D eigenvalue weighted by Gasteiger charge is 2.36. The zero-order valence-corrected chi connectivity index (χ0v) is 18.7. The van der Waals surface area contributed by atoms with Crippen LogP contribution in [-0.4, -0.2) is 53.5 Å². The Hall–Kier alpha value is -3.42. The minimum atomic E-state index is -4.21. The molecule has 4 N–H and O–H groups in total. The Kier molecular flexibility index (Phi) is 6.49. The molecule has 1 aromatic heterocycles. The summed E-state index contributed by atoms with van der Waals surface area (Å²) in [5, 5.41) is 31.4. The topological polar surface area (TPSA) is 154 Å². The number of hydrogen-bond donors (Lipinski definition) is 4. The average Bonchev–Trinajstić information content (AvgIpc) is 3.00. The predicted molar refractivity (Wildman–Crippen MR) is 114 cm³/mol. The summed E-state index contributed by atoms with van der Waals surface area (Å²) < 4.78 is 48.4. The number of hydrogen-bond acceptors (Lipinski definition) is 7. The van der Waals surface area contributed by atoms with Crippen molar-refractivity contribution in [3.05, 3.63) is 41.5 Å². The Balaban J connectivity index is 1.92. The van der Waals surface area contributed by atoms with Crippen LogP contribution in [0.15, 0.2) is 29.3 Å². The van der Waals surface area contributed by atoms with Crippen LogP contribution in [0.25, 0.3) is 0 Å². The van der Waals surface area contributed by atoms with Crippen molar-refractivity contribution >= 4 is 21.6 Å². The minimum absolute atomic E-state index is 0.123. The molecule has 0 bridgehead atoms. The number of anilines is 1. The van der Waals surface area contributed by atoms with Crippen molar-refractivity contribution in [1.82, 2.24) is 9.29 Å². The Morgan fingerprint density at radius 1 is 1.45 bits per heavy atom. The third-order valence-corrected chi connectivity index (χ3v) is 6.06. The van der Waals surface area contributed by atoms with Gasteiger partial charge in [-0.3, -0.25) is 4.79 Å². The molecular weight excluding hydrogens is 455 g/mol. The van der Waals surface area contributed by atoms with Crippen LogP contribution in [0, 0.1) is 29.0 Å². The van der Waals surface area contributed by atoms with E-state index in [1.165, 1.54) is 37.7 Å². The number of amides is 1. The molecule has 2 aromatic rings. The van der Waals surface area contributed by atoms with E-state index in [-0.39, 0.29) is 34.2 Å². The van der Waals surface area contributed by atoms with Crippen LogP contribution < -0.4 is 14.8 Å². The Labute approximate surface area is 189 Å². The van der Waals surface area contributed by atoms with Crippen molar-refractivity contribution < 1.29 is 32.6 Å². The molecule has 12 heteroatoms. The average molecular weight is 476 g/mol. The van der Waals surface area contributed by atoms with E-state index in [1.54, 1.807) is 6.07 Å². The lowest BCUT2D eigenvalue weighted by atomic mass is 10.1. The van der Waals surface area contributed by atoms with Crippen LogP contribution in [-0.2, 0) is 17.1 Å². The van der Waals surface area contributed by atoms with Gasteiger partial charge in [-0.1, -0.05) is 11.8 Å². The Bertz CT molecular complexity index is 1310. The number of carbonyl (C=O) groups excluding carboxylic acids is 1. The SMILES string of the molecule is Cn1cc2c(c1C(=O)Nc1ccc(F)c(C#N)c1)OC[C@@H]([C@H](O)C#CC(C)(C)O)NS2(=O)=O. The summed E-state index contributed by atoms with van der Waals surface area (Å²) in [6.45, 7) is 2.46. The minimum Gasteiger partial charge on any atom is -0.488 e. The van der Waals surface area contributed by atoms with Gasteiger partial charge in [-0.2, -0.15) is 5.26 Å². The summed E-state index contributed by atoms with van der Waals surface area (Å²) in [5.74, 6) is 3.04. The molecule has 2 atom stereocenters. The number of nitrogens with zero attached hydrogens (tertiary/aromatic N) is 2. The molecule has 1 aromatic carbocycles. The lowest BCUT2D eigenvalue weighted by Crippen LogP contribution is -2.45. The molecule has 0 saturated carbocycles. The van der Waals surface area contributed by atoms with E-state index >= 15 is 0 Å². The smallest absolute Gasteiger partial charge is 0.276 e. The highest BCUT2D eigenvalue weighted by molar-refractivity contribution is 7.89. The number of aryl methyl sites for hydroxylation is 1. The maximum Gasteiger partial charge on any atom is 0.276 e. The van der Waals surface area contributed by atoms with Gasteiger partial charge >= 0.3 is 0 Å². The second kappa shape index (κ2) is 8.84. The van der Waals surface area contributed by atoms with Gasteiger partial charge in [-0.25, -0.2) is 17.5 Å². The largest absolute Gasteiger partial charge is 0.488 e. The lowest BCUT2D eigenvalue weighted by molar-refractivity contribution is 0.101. The van der Waals surface area contributed by atoms with Crippen LogP contribution >= 0.6 is 0 Å². The van der Waals surface area contributed by atoms with E-state index in [0.29, 0.717) is 0 Å². The molecule has 1 amide bonds. The first-order chi connectivity index (χ1) is 15.3. The lowest BCUT2D eigenvalue weighted by Gasteiger charge is -2.18. The van der Waals surface area contributed by atoms with Crippen molar-refractivity contribution in [3.8, 4) is 23.7 Å². The number of rotatable bonds is 3. The number of fused-ring (bicyclic) bond motifs is 1. The summed E-state index contributed by atoms with van der Waals surface area (Å²) in [6.07, 6.45) is -0.320. The number of aliphatic hydroxyl groups excluding tert-OH is 1. The third-order valence-electron chi connectivity index (χ3n) is 4.57. The number of nitrogens with one attached hydrogen (secondary N) is 2. The van der Waals surface area contributed by atoms with Crippen LogP contribution in [0.3, 0.4) is 0 Å². The van der Waals surface area contributed by atoms with Crippen molar-refractivity contribution in [2.75, 3.05) is 11.9 Å². The van der Waals surface area contributed by atoms with Crippen LogP contribution in [0.5, 0.6) is 5.75 Å². The molecule has 0 spiro atoms. The second-order valence-electron chi connectivity index (χ2n) is 7.85. The van der Waals surface area contributed by atoms with Gasteiger partial charge < -0.3 is 24.8 Å². The van der Waals surface area contributed by atoms with Crippen LogP contribution in [0.2, 0.25) is 0 Å². The van der Waals surface area contributed by atoms with E-state index in [2.05, 4.69) is 21.9 Å². The van der Waals surface area contributed by atoms with Gasteiger partial charge in [0.15, 0.2) is 11.4 Å². The molecule has 0 radical (unpaired) electrons. The fourth-order valence-corrected chi connectivity index (χ4v) is 4.44. The predicted octanol–water partition coefficient (Wildman–Crippen LogP) is 0.463. The number of aromatic nitrogens is 1. The van der Waals surface area contributed by atoms with Gasteiger partial charge in [0.25, 0.3) is 5.91 Å². The van der Waals surface area contributed by atoms with Gasteiger partial charge in [0, 0.05) is 18.9 Å². The molecule has 10 nitrogen and oxygen atoms in total. The first kappa shape index (κ1) is 24.2. The van der Waals surface area contributed by atoms with E-state index in [0.717, 1.165) is 12.1 Å². The Morgan fingerprint density at radius 2 is 2.15 bits per heavy atom. The van der Waals surface area contributed by atoms with Gasteiger partial charge in [0.2, 0.25) is 10.0 Å². The second-order valence-corrected chi connectivity index (χ2v) is 9.54. The van der Waals surface area contributed by atoms with Gasteiger partial charge in [0.05, 0.1) is 11.6 Å². The quantitative estimate of drug-likeness (QED) is 0.470. The fourth-order valence-electron chi connectivity index (χ4n) is 3.03. The summed E-state index contributed by atoms with van der Waals surface area (Å²) in [6, 6.07) is 3.90. The number of nitriles is 1. The van der Waals surface area contributed by atoms with E-state index in [4.69, 9.17) is 10.00 Å². The number of halogens is 1. The molecule has 0 unspecified atom stereocenters. The summed E-state index contributed by atoms with van der Waals surface area (Å²) >= 11 is 0. The van der Waals surface area contributed by atoms with Gasteiger partial charge in [-0.15, -0.1) is 0 Å². The van der Waals surface area contributed by atoms with Crippen LogP contribution in [0.4, 0.5) is 10.1 Å². The molecule has 1 aliphatic heterocycles. The molecule has 3 rings (SSSR count). The van der Waals surface area contributed by atoms with E-state index < -0.39 is 39.5 Å². The number of ether oxygens (including phenoxy) is 1. The molecular formula is C21H21FN4O6S. The Morgan fingerprint density at radius 3 is 2.79 bits per heavy atom. The van der Waals surface area contributed by atoms with E-state index in [1.807, 2.05) is 0 Å². The fraction of sp³-hybridized carbons (Fsp3) is 0.333. The van der Waals surface area contributed by atoms with Gasteiger partial charge in [0.1, 0.15) is 35.1 Å².